The molecule has 4 aromatic rings. The minimum absolute atomic E-state index is 0.560. The van der Waals surface area contributed by atoms with Gasteiger partial charge in [0.25, 0.3) is 0 Å². The Morgan fingerprint density at radius 3 is 2.07 bits per heavy atom. The van der Waals surface area contributed by atoms with Crippen LogP contribution in [0.1, 0.15) is 5.69 Å². The molecule has 2 aromatic heterocycles. The Kier molecular flexibility index (Phi) is 5.18. The van der Waals surface area contributed by atoms with E-state index in [0.717, 1.165) is 33.4 Å². The number of pyridine rings is 1. The summed E-state index contributed by atoms with van der Waals surface area (Å²) in [6.07, 6.45) is 1.75. The summed E-state index contributed by atoms with van der Waals surface area (Å²) >= 11 is 0. The fraction of sp³-hybridized carbons (Fsp3) is 0.217. The van der Waals surface area contributed by atoms with Crippen LogP contribution in [0.25, 0.3) is 27.7 Å². The molecule has 0 aliphatic rings. The van der Waals surface area contributed by atoms with E-state index in [0.29, 0.717) is 23.1 Å². The number of aromatic nitrogens is 3. The van der Waals surface area contributed by atoms with E-state index in [1.165, 1.54) is 0 Å². The Hall–Kier alpha value is -3.74. The highest BCUT2D eigenvalue weighted by molar-refractivity contribution is 5.88. The summed E-state index contributed by atoms with van der Waals surface area (Å²) in [6.45, 7) is 1.99. The highest BCUT2D eigenvalue weighted by atomic mass is 16.5. The van der Waals surface area contributed by atoms with Crippen LogP contribution in [0, 0.1) is 6.92 Å². The van der Waals surface area contributed by atoms with Crippen LogP contribution in [0.5, 0.6) is 23.1 Å². The van der Waals surface area contributed by atoms with Gasteiger partial charge in [-0.2, -0.15) is 5.10 Å². The van der Waals surface area contributed by atoms with Crippen molar-refractivity contribution in [1.82, 2.24) is 14.8 Å². The summed E-state index contributed by atoms with van der Waals surface area (Å²) < 4.78 is 23.5. The van der Waals surface area contributed by atoms with Crippen LogP contribution in [-0.4, -0.2) is 43.2 Å². The van der Waals surface area contributed by atoms with Gasteiger partial charge in [-0.3, -0.25) is 0 Å². The molecule has 154 valence electrons. The van der Waals surface area contributed by atoms with Gasteiger partial charge < -0.3 is 18.9 Å². The number of nitrogens with zero attached hydrogens (tertiary/aromatic N) is 3. The second-order valence-corrected chi connectivity index (χ2v) is 6.70. The molecule has 30 heavy (non-hydrogen) atoms. The highest BCUT2D eigenvalue weighted by Crippen LogP contribution is 2.41. The number of benzene rings is 2. The predicted octanol–water partition coefficient (Wildman–Crippen LogP) is 4.43. The maximum atomic E-state index is 5.50. The van der Waals surface area contributed by atoms with Crippen LogP contribution in [-0.2, 0) is 0 Å². The molecule has 2 aromatic carbocycles. The largest absolute Gasteiger partial charge is 0.493 e. The first-order valence-electron chi connectivity index (χ1n) is 9.39. The average molecular weight is 405 g/mol. The van der Waals surface area contributed by atoms with Crippen molar-refractivity contribution < 1.29 is 18.9 Å². The molecule has 0 aliphatic heterocycles. The summed E-state index contributed by atoms with van der Waals surface area (Å²) in [5.41, 5.74) is 4.73. The zero-order valence-electron chi connectivity index (χ0n) is 17.6. The molecule has 0 spiro atoms. The lowest BCUT2D eigenvalue weighted by Crippen LogP contribution is -1.98. The van der Waals surface area contributed by atoms with Crippen molar-refractivity contribution in [3.8, 4) is 39.9 Å². The van der Waals surface area contributed by atoms with Crippen LogP contribution < -0.4 is 18.9 Å². The van der Waals surface area contributed by atoms with Gasteiger partial charge in [-0.25, -0.2) is 9.67 Å². The quantitative estimate of drug-likeness (QED) is 0.473. The Balaban J connectivity index is 1.87. The molecular weight excluding hydrogens is 382 g/mol. The zero-order chi connectivity index (χ0) is 21.3. The van der Waals surface area contributed by atoms with Crippen LogP contribution in [0.15, 0.2) is 48.7 Å². The molecule has 7 heteroatoms. The van der Waals surface area contributed by atoms with E-state index in [4.69, 9.17) is 24.0 Å². The van der Waals surface area contributed by atoms with Crippen molar-refractivity contribution in [3.05, 3.63) is 54.4 Å². The molecule has 0 saturated carbocycles. The zero-order valence-corrected chi connectivity index (χ0v) is 17.6. The topological polar surface area (TPSA) is 67.6 Å². The number of fused-ring (bicyclic) bond motifs is 1. The van der Waals surface area contributed by atoms with Crippen molar-refractivity contribution >= 4 is 10.9 Å². The first kappa shape index (κ1) is 19.6. The smallest absolute Gasteiger partial charge is 0.213 e. The van der Waals surface area contributed by atoms with E-state index in [9.17, 15) is 0 Å². The number of methoxy groups -OCH3 is 4. The van der Waals surface area contributed by atoms with Gasteiger partial charge in [-0.05, 0) is 42.3 Å². The normalized spacial score (nSPS) is 10.8. The first-order valence-corrected chi connectivity index (χ1v) is 9.39. The Morgan fingerprint density at radius 1 is 0.767 bits per heavy atom. The standard InChI is InChI=1S/C23H23N3O4/c1-14-18-8-6-15(16-11-20(27-2)23(30-5)21(12-16)28-3)10-19(18)26(25-14)17-7-9-22(29-4)24-13-17/h6-13H,1-5H3. The molecule has 0 amide bonds. The van der Waals surface area contributed by atoms with Crippen molar-refractivity contribution in [3.63, 3.8) is 0 Å². The van der Waals surface area contributed by atoms with Crippen LogP contribution in [0.4, 0.5) is 0 Å². The number of hydrogen-bond acceptors (Lipinski definition) is 6. The molecule has 0 radical (unpaired) electrons. The number of ether oxygens (including phenoxy) is 4. The molecule has 0 N–H and O–H groups in total. The maximum Gasteiger partial charge on any atom is 0.213 e. The van der Waals surface area contributed by atoms with Crippen LogP contribution in [0.2, 0.25) is 0 Å². The number of aryl methyl sites for hydroxylation is 1. The fourth-order valence-electron chi connectivity index (χ4n) is 3.51. The number of hydrogen-bond donors (Lipinski definition) is 0. The second kappa shape index (κ2) is 7.94. The Labute approximate surface area is 174 Å². The summed E-state index contributed by atoms with van der Waals surface area (Å²) in [5, 5.41) is 5.78. The third-order valence-electron chi connectivity index (χ3n) is 5.04. The molecular formula is C23H23N3O4. The van der Waals surface area contributed by atoms with Gasteiger partial charge in [0.15, 0.2) is 11.5 Å². The number of rotatable bonds is 6. The van der Waals surface area contributed by atoms with Crippen molar-refractivity contribution in [1.29, 1.82) is 0 Å². The summed E-state index contributed by atoms with van der Waals surface area (Å²) in [7, 11) is 6.41. The van der Waals surface area contributed by atoms with Gasteiger partial charge in [-0.15, -0.1) is 0 Å². The monoisotopic (exact) mass is 405 g/mol. The molecule has 0 atom stereocenters. The van der Waals surface area contributed by atoms with E-state index in [-0.39, 0.29) is 0 Å². The van der Waals surface area contributed by atoms with Crippen LogP contribution in [0.3, 0.4) is 0 Å². The predicted molar refractivity (Wildman–Crippen MR) is 115 cm³/mol. The minimum Gasteiger partial charge on any atom is -0.493 e. The maximum absolute atomic E-state index is 5.50. The van der Waals surface area contributed by atoms with E-state index < -0.39 is 0 Å². The van der Waals surface area contributed by atoms with Crippen molar-refractivity contribution in [2.45, 2.75) is 6.92 Å². The van der Waals surface area contributed by atoms with E-state index in [2.05, 4.69) is 23.2 Å². The molecule has 0 saturated heterocycles. The highest BCUT2D eigenvalue weighted by Gasteiger charge is 2.16. The SMILES string of the molecule is COc1ccc(-n2nc(C)c3ccc(-c4cc(OC)c(OC)c(OC)c4)cc32)cn1. The van der Waals surface area contributed by atoms with E-state index in [1.54, 1.807) is 34.6 Å². The van der Waals surface area contributed by atoms with Gasteiger partial charge in [0.2, 0.25) is 11.6 Å². The lowest BCUT2D eigenvalue weighted by molar-refractivity contribution is 0.324. The molecule has 0 aliphatic carbocycles. The van der Waals surface area contributed by atoms with E-state index >= 15 is 0 Å². The van der Waals surface area contributed by atoms with Crippen molar-refractivity contribution in [2.24, 2.45) is 0 Å². The van der Waals surface area contributed by atoms with Crippen LogP contribution >= 0.6 is 0 Å². The lowest BCUT2D eigenvalue weighted by atomic mass is 10.0. The van der Waals surface area contributed by atoms with Gasteiger partial charge in [0, 0.05) is 11.5 Å². The molecule has 2 heterocycles. The molecule has 0 fully saturated rings. The van der Waals surface area contributed by atoms with Gasteiger partial charge >= 0.3 is 0 Å². The molecule has 4 rings (SSSR count). The summed E-state index contributed by atoms with van der Waals surface area (Å²) in [6, 6.07) is 13.9. The second-order valence-electron chi connectivity index (χ2n) is 6.70. The fourth-order valence-corrected chi connectivity index (χ4v) is 3.51. The van der Waals surface area contributed by atoms with Gasteiger partial charge in [0.05, 0.1) is 51.5 Å². The summed E-state index contributed by atoms with van der Waals surface area (Å²) in [4.78, 5) is 4.30. The Bertz CT molecular complexity index is 1170. The first-order chi connectivity index (χ1) is 14.6. The van der Waals surface area contributed by atoms with Crippen molar-refractivity contribution in [2.75, 3.05) is 28.4 Å². The molecule has 7 nitrogen and oxygen atoms in total. The summed E-state index contributed by atoms with van der Waals surface area (Å²) in [5.74, 6) is 2.34. The van der Waals surface area contributed by atoms with Gasteiger partial charge in [-0.1, -0.05) is 12.1 Å². The third-order valence-corrected chi connectivity index (χ3v) is 5.04. The van der Waals surface area contributed by atoms with Gasteiger partial charge in [0.1, 0.15) is 0 Å². The molecule has 0 unspecified atom stereocenters. The lowest BCUT2D eigenvalue weighted by Gasteiger charge is -2.14. The third kappa shape index (κ3) is 3.28. The Morgan fingerprint density at radius 2 is 1.50 bits per heavy atom. The minimum atomic E-state index is 0.560. The average Bonchev–Trinajstić information content (AvgIpc) is 3.13. The van der Waals surface area contributed by atoms with E-state index in [1.807, 2.05) is 35.9 Å². The molecule has 0 bridgehead atoms.